The van der Waals surface area contributed by atoms with E-state index in [1.807, 2.05) is 12.4 Å². The monoisotopic (exact) mass is 236 g/mol. The van der Waals surface area contributed by atoms with E-state index in [0.717, 1.165) is 18.9 Å². The highest BCUT2D eigenvalue weighted by molar-refractivity contribution is 4.93. The second kappa shape index (κ2) is 5.65. The summed E-state index contributed by atoms with van der Waals surface area (Å²) in [6.45, 7) is 7.79. The van der Waals surface area contributed by atoms with Gasteiger partial charge in [-0.25, -0.2) is 4.98 Å². The molecule has 4 heteroatoms. The van der Waals surface area contributed by atoms with E-state index in [1.165, 1.54) is 19.4 Å². The summed E-state index contributed by atoms with van der Waals surface area (Å²) in [7, 11) is 2.07. The molecule has 1 unspecified atom stereocenters. The maximum absolute atomic E-state index is 4.43. The second-order valence-electron chi connectivity index (χ2n) is 5.22. The van der Waals surface area contributed by atoms with Gasteiger partial charge in [0.05, 0.1) is 6.54 Å². The van der Waals surface area contributed by atoms with Gasteiger partial charge in [0.25, 0.3) is 0 Å². The average molecular weight is 236 g/mol. The number of imidazole rings is 1. The average Bonchev–Trinajstić information content (AvgIpc) is 2.72. The Morgan fingerprint density at radius 2 is 2.41 bits per heavy atom. The van der Waals surface area contributed by atoms with Crippen molar-refractivity contribution in [3.8, 4) is 0 Å². The van der Waals surface area contributed by atoms with Gasteiger partial charge in [0.2, 0.25) is 0 Å². The normalized spacial score (nSPS) is 21.4. The molecule has 1 atom stereocenters. The topological polar surface area (TPSA) is 33.1 Å². The molecular formula is C13H24N4. The Labute approximate surface area is 104 Å². The van der Waals surface area contributed by atoms with Crippen LogP contribution in [-0.4, -0.2) is 39.6 Å². The smallest absolute Gasteiger partial charge is 0.122 e. The Morgan fingerprint density at radius 1 is 1.59 bits per heavy atom. The first-order chi connectivity index (χ1) is 8.18. The van der Waals surface area contributed by atoms with Gasteiger partial charge in [-0.1, -0.05) is 0 Å². The standard InChI is InChI=1S/C13H24N4/c1-11(2)17(12-5-4-6-14-9-12)10-13-15-7-8-16(13)3/h7-8,11-12,14H,4-6,9-10H2,1-3H3. The zero-order valence-electron chi connectivity index (χ0n) is 11.2. The van der Waals surface area contributed by atoms with E-state index >= 15 is 0 Å². The van der Waals surface area contributed by atoms with Crippen LogP contribution in [0.1, 0.15) is 32.5 Å². The van der Waals surface area contributed by atoms with Crippen molar-refractivity contribution in [3.05, 3.63) is 18.2 Å². The zero-order chi connectivity index (χ0) is 12.3. The van der Waals surface area contributed by atoms with Crippen LogP contribution < -0.4 is 5.32 Å². The molecule has 0 radical (unpaired) electrons. The second-order valence-corrected chi connectivity index (χ2v) is 5.22. The van der Waals surface area contributed by atoms with Crippen LogP contribution >= 0.6 is 0 Å². The minimum Gasteiger partial charge on any atom is -0.337 e. The number of rotatable bonds is 4. The van der Waals surface area contributed by atoms with Crippen LogP contribution in [-0.2, 0) is 13.6 Å². The summed E-state index contributed by atoms with van der Waals surface area (Å²) in [4.78, 5) is 7.00. The lowest BCUT2D eigenvalue weighted by molar-refractivity contribution is 0.116. The van der Waals surface area contributed by atoms with Gasteiger partial charge in [0.1, 0.15) is 5.82 Å². The Hall–Kier alpha value is -0.870. The van der Waals surface area contributed by atoms with Gasteiger partial charge < -0.3 is 9.88 Å². The molecular weight excluding hydrogens is 212 g/mol. The molecule has 2 rings (SSSR count). The molecule has 0 bridgehead atoms. The summed E-state index contributed by atoms with van der Waals surface area (Å²) >= 11 is 0. The molecule has 1 fully saturated rings. The molecule has 1 aromatic heterocycles. The largest absolute Gasteiger partial charge is 0.337 e. The van der Waals surface area contributed by atoms with E-state index in [0.29, 0.717) is 12.1 Å². The third-order valence-electron chi connectivity index (χ3n) is 3.65. The number of aryl methyl sites for hydroxylation is 1. The van der Waals surface area contributed by atoms with Gasteiger partial charge in [0.15, 0.2) is 0 Å². The van der Waals surface area contributed by atoms with Gasteiger partial charge in [0, 0.05) is 38.1 Å². The summed E-state index contributed by atoms with van der Waals surface area (Å²) in [5.41, 5.74) is 0. The van der Waals surface area contributed by atoms with Gasteiger partial charge in [-0.05, 0) is 33.2 Å². The predicted molar refractivity (Wildman–Crippen MR) is 69.8 cm³/mol. The molecule has 0 amide bonds. The first-order valence-corrected chi connectivity index (χ1v) is 6.61. The highest BCUT2D eigenvalue weighted by Crippen LogP contribution is 2.16. The number of aromatic nitrogens is 2. The molecule has 0 aromatic carbocycles. The van der Waals surface area contributed by atoms with E-state index in [4.69, 9.17) is 0 Å². The number of nitrogens with one attached hydrogen (secondary N) is 1. The Kier molecular flexibility index (Phi) is 4.18. The van der Waals surface area contributed by atoms with Crippen LogP contribution in [0.25, 0.3) is 0 Å². The number of hydrogen-bond donors (Lipinski definition) is 1. The fraction of sp³-hybridized carbons (Fsp3) is 0.769. The molecule has 1 aliphatic rings. The van der Waals surface area contributed by atoms with Gasteiger partial charge in [-0.3, -0.25) is 4.90 Å². The summed E-state index contributed by atoms with van der Waals surface area (Å²) in [5, 5.41) is 3.50. The first-order valence-electron chi connectivity index (χ1n) is 6.61. The molecule has 2 heterocycles. The van der Waals surface area contributed by atoms with Crippen LogP contribution in [0.3, 0.4) is 0 Å². The fourth-order valence-electron chi connectivity index (χ4n) is 2.56. The molecule has 4 nitrogen and oxygen atoms in total. The maximum Gasteiger partial charge on any atom is 0.122 e. The maximum atomic E-state index is 4.43. The summed E-state index contributed by atoms with van der Waals surface area (Å²) in [6.07, 6.45) is 6.49. The highest BCUT2D eigenvalue weighted by atomic mass is 15.2. The van der Waals surface area contributed by atoms with Crippen LogP contribution in [0.5, 0.6) is 0 Å². The number of hydrogen-bond acceptors (Lipinski definition) is 3. The van der Waals surface area contributed by atoms with Crippen molar-refractivity contribution < 1.29 is 0 Å². The van der Waals surface area contributed by atoms with Crippen LogP contribution in [0, 0.1) is 0 Å². The van der Waals surface area contributed by atoms with Gasteiger partial charge in [-0.15, -0.1) is 0 Å². The van der Waals surface area contributed by atoms with E-state index in [-0.39, 0.29) is 0 Å². The van der Waals surface area contributed by atoms with E-state index in [9.17, 15) is 0 Å². The Balaban J connectivity index is 2.04. The molecule has 96 valence electrons. The van der Waals surface area contributed by atoms with Crippen molar-refractivity contribution in [2.75, 3.05) is 13.1 Å². The molecule has 0 saturated carbocycles. The first kappa shape index (κ1) is 12.6. The quantitative estimate of drug-likeness (QED) is 0.857. The molecule has 1 aliphatic heterocycles. The fourth-order valence-corrected chi connectivity index (χ4v) is 2.56. The summed E-state index contributed by atoms with van der Waals surface area (Å²) in [6, 6.07) is 1.22. The van der Waals surface area contributed by atoms with Crippen molar-refractivity contribution in [1.82, 2.24) is 19.8 Å². The molecule has 0 aliphatic carbocycles. The van der Waals surface area contributed by atoms with Crippen molar-refractivity contribution in [2.45, 2.75) is 45.3 Å². The lowest BCUT2D eigenvalue weighted by Gasteiger charge is -2.37. The molecule has 17 heavy (non-hydrogen) atoms. The van der Waals surface area contributed by atoms with E-state index in [2.05, 4.69) is 40.7 Å². The minimum atomic E-state index is 0.566. The Morgan fingerprint density at radius 3 is 2.94 bits per heavy atom. The van der Waals surface area contributed by atoms with E-state index in [1.54, 1.807) is 0 Å². The predicted octanol–water partition coefficient (Wildman–Crippen LogP) is 1.38. The van der Waals surface area contributed by atoms with Gasteiger partial charge in [-0.2, -0.15) is 0 Å². The molecule has 1 saturated heterocycles. The van der Waals surface area contributed by atoms with Crippen molar-refractivity contribution >= 4 is 0 Å². The summed E-state index contributed by atoms with van der Waals surface area (Å²) in [5.74, 6) is 1.16. The van der Waals surface area contributed by atoms with Crippen molar-refractivity contribution in [1.29, 1.82) is 0 Å². The van der Waals surface area contributed by atoms with Crippen molar-refractivity contribution in [3.63, 3.8) is 0 Å². The third-order valence-corrected chi connectivity index (χ3v) is 3.65. The number of nitrogens with zero attached hydrogens (tertiary/aromatic N) is 3. The molecule has 1 aromatic rings. The molecule has 0 spiro atoms. The lowest BCUT2D eigenvalue weighted by atomic mass is 10.0. The Bertz CT molecular complexity index is 339. The van der Waals surface area contributed by atoms with Gasteiger partial charge >= 0.3 is 0 Å². The van der Waals surface area contributed by atoms with E-state index < -0.39 is 0 Å². The molecule has 1 N–H and O–H groups in total. The minimum absolute atomic E-state index is 0.566. The van der Waals surface area contributed by atoms with Crippen LogP contribution in [0.15, 0.2) is 12.4 Å². The van der Waals surface area contributed by atoms with Crippen LogP contribution in [0.4, 0.5) is 0 Å². The third kappa shape index (κ3) is 3.07. The highest BCUT2D eigenvalue weighted by Gasteiger charge is 2.24. The van der Waals surface area contributed by atoms with Crippen LogP contribution in [0.2, 0.25) is 0 Å². The summed E-state index contributed by atoms with van der Waals surface area (Å²) < 4.78 is 2.12. The lowest BCUT2D eigenvalue weighted by Crippen LogP contribution is -2.48. The SMILES string of the molecule is CC(C)N(Cc1nccn1C)C1CCCNC1. The number of piperidine rings is 1. The zero-order valence-corrected chi connectivity index (χ0v) is 11.2. The van der Waals surface area contributed by atoms with Crippen molar-refractivity contribution in [2.24, 2.45) is 7.05 Å².